The molecule has 0 rings (SSSR count). The first-order valence-electron chi connectivity index (χ1n) is 6.31. The van der Waals surface area contributed by atoms with Crippen molar-refractivity contribution in [1.82, 2.24) is 0 Å². The van der Waals surface area contributed by atoms with Gasteiger partial charge in [0.25, 0.3) is 0 Å². The molecule has 16 heavy (non-hydrogen) atoms. The molecule has 0 radical (unpaired) electrons. The average molecular weight is 226 g/mol. The second-order valence-corrected chi connectivity index (χ2v) is 5.85. The maximum atomic E-state index is 11.6. The highest BCUT2D eigenvalue weighted by Crippen LogP contribution is 2.19. The predicted octanol–water partition coefficient (Wildman–Crippen LogP) is 3.78. The Kier molecular flexibility index (Phi) is 6.54. The molecule has 0 amide bonds. The summed E-state index contributed by atoms with van der Waals surface area (Å²) in [4.78, 5) is 22.9. The van der Waals surface area contributed by atoms with Crippen molar-refractivity contribution in [3.8, 4) is 0 Å². The van der Waals surface area contributed by atoms with E-state index >= 15 is 0 Å². The van der Waals surface area contributed by atoms with Crippen molar-refractivity contribution in [3.63, 3.8) is 0 Å². The van der Waals surface area contributed by atoms with E-state index in [9.17, 15) is 9.59 Å². The molecule has 0 aliphatic rings. The van der Waals surface area contributed by atoms with Crippen LogP contribution < -0.4 is 0 Å². The lowest BCUT2D eigenvalue weighted by atomic mass is 9.87. The fourth-order valence-electron chi connectivity index (χ4n) is 1.43. The van der Waals surface area contributed by atoms with Gasteiger partial charge in [-0.05, 0) is 12.8 Å². The zero-order valence-electron chi connectivity index (χ0n) is 11.4. The van der Waals surface area contributed by atoms with Gasteiger partial charge in [-0.25, -0.2) is 0 Å². The normalized spacial score (nSPS) is 11.9. The fraction of sp³-hybridized carbons (Fsp3) is 0.857. The minimum atomic E-state index is -0.215. The Morgan fingerprint density at radius 2 is 1.44 bits per heavy atom. The maximum Gasteiger partial charge on any atom is 0.138 e. The van der Waals surface area contributed by atoms with Gasteiger partial charge in [-0.15, -0.1) is 0 Å². The fourth-order valence-corrected chi connectivity index (χ4v) is 1.43. The summed E-state index contributed by atoms with van der Waals surface area (Å²) in [5.74, 6) is 0.807. The number of carbonyl (C=O) groups is 2. The van der Waals surface area contributed by atoms with Gasteiger partial charge in [0.1, 0.15) is 11.6 Å². The Bertz CT molecular complexity index is 234. The highest BCUT2D eigenvalue weighted by atomic mass is 16.1. The van der Waals surface area contributed by atoms with E-state index in [-0.39, 0.29) is 11.3 Å². The van der Waals surface area contributed by atoms with Gasteiger partial charge in [0.15, 0.2) is 0 Å². The van der Waals surface area contributed by atoms with E-state index < -0.39 is 0 Å². The van der Waals surface area contributed by atoms with Gasteiger partial charge in [0.2, 0.25) is 0 Å². The molecule has 0 aromatic heterocycles. The van der Waals surface area contributed by atoms with Crippen molar-refractivity contribution in [2.75, 3.05) is 0 Å². The van der Waals surface area contributed by atoms with Gasteiger partial charge < -0.3 is 0 Å². The van der Waals surface area contributed by atoms with Crippen LogP contribution in [0.15, 0.2) is 0 Å². The largest absolute Gasteiger partial charge is 0.299 e. The Labute approximate surface area is 99.8 Å². The second kappa shape index (κ2) is 6.82. The Balaban J connectivity index is 3.56. The highest BCUT2D eigenvalue weighted by molar-refractivity contribution is 5.83. The van der Waals surface area contributed by atoms with Crippen LogP contribution in [0.25, 0.3) is 0 Å². The molecular formula is C14H26O2. The molecule has 0 bridgehead atoms. The number of carbonyl (C=O) groups excluding carboxylic acids is 2. The molecule has 94 valence electrons. The SMILES string of the molecule is CC(C)C(=O)CCCCCC(=O)C(C)(C)C. The van der Waals surface area contributed by atoms with Crippen LogP contribution in [0, 0.1) is 11.3 Å². The molecule has 0 fully saturated rings. The molecule has 0 unspecified atom stereocenters. The van der Waals surface area contributed by atoms with Gasteiger partial charge in [0, 0.05) is 24.2 Å². The van der Waals surface area contributed by atoms with Gasteiger partial charge >= 0.3 is 0 Å². The molecule has 0 heterocycles. The van der Waals surface area contributed by atoms with Crippen LogP contribution in [0.5, 0.6) is 0 Å². The number of hydrogen-bond donors (Lipinski definition) is 0. The molecule has 0 saturated heterocycles. The topological polar surface area (TPSA) is 34.1 Å². The zero-order chi connectivity index (χ0) is 12.8. The van der Waals surface area contributed by atoms with Crippen molar-refractivity contribution in [1.29, 1.82) is 0 Å². The van der Waals surface area contributed by atoms with Crippen molar-refractivity contribution in [3.05, 3.63) is 0 Å². The van der Waals surface area contributed by atoms with Crippen LogP contribution in [-0.4, -0.2) is 11.6 Å². The Morgan fingerprint density at radius 1 is 0.938 bits per heavy atom. The summed E-state index contributed by atoms with van der Waals surface area (Å²) in [5.41, 5.74) is -0.215. The lowest BCUT2D eigenvalue weighted by molar-refractivity contribution is -0.126. The zero-order valence-corrected chi connectivity index (χ0v) is 11.4. The summed E-state index contributed by atoms with van der Waals surface area (Å²) in [6.45, 7) is 9.74. The molecule has 0 atom stereocenters. The van der Waals surface area contributed by atoms with E-state index in [4.69, 9.17) is 0 Å². The van der Waals surface area contributed by atoms with E-state index in [1.807, 2.05) is 34.6 Å². The smallest absolute Gasteiger partial charge is 0.138 e. The molecule has 0 aliphatic carbocycles. The van der Waals surface area contributed by atoms with Crippen molar-refractivity contribution < 1.29 is 9.59 Å². The first-order valence-corrected chi connectivity index (χ1v) is 6.31. The number of rotatable bonds is 7. The second-order valence-electron chi connectivity index (χ2n) is 5.85. The summed E-state index contributed by atoms with van der Waals surface area (Å²) >= 11 is 0. The van der Waals surface area contributed by atoms with E-state index in [1.165, 1.54) is 0 Å². The van der Waals surface area contributed by atoms with Crippen molar-refractivity contribution in [2.24, 2.45) is 11.3 Å². The molecule has 0 saturated carbocycles. The minimum Gasteiger partial charge on any atom is -0.299 e. The van der Waals surface area contributed by atoms with E-state index in [0.29, 0.717) is 24.4 Å². The average Bonchev–Trinajstić information content (AvgIpc) is 2.14. The number of unbranched alkanes of at least 4 members (excludes halogenated alkanes) is 2. The summed E-state index contributed by atoms with van der Waals surface area (Å²) < 4.78 is 0. The Hall–Kier alpha value is -0.660. The van der Waals surface area contributed by atoms with E-state index in [0.717, 1.165) is 19.3 Å². The predicted molar refractivity (Wildman–Crippen MR) is 67.4 cm³/mol. The maximum absolute atomic E-state index is 11.6. The molecule has 2 nitrogen and oxygen atoms in total. The summed E-state index contributed by atoms with van der Waals surface area (Å²) in [5, 5.41) is 0. The molecule has 2 heteroatoms. The summed E-state index contributed by atoms with van der Waals surface area (Å²) in [6.07, 6.45) is 4.15. The first kappa shape index (κ1) is 15.3. The lowest BCUT2D eigenvalue weighted by Gasteiger charge is -2.16. The van der Waals surface area contributed by atoms with Gasteiger partial charge in [-0.2, -0.15) is 0 Å². The highest BCUT2D eigenvalue weighted by Gasteiger charge is 2.19. The van der Waals surface area contributed by atoms with Gasteiger partial charge in [0.05, 0.1) is 0 Å². The van der Waals surface area contributed by atoms with Gasteiger partial charge in [-0.1, -0.05) is 41.0 Å². The molecule has 0 aromatic rings. The number of hydrogen-bond acceptors (Lipinski definition) is 2. The van der Waals surface area contributed by atoms with Crippen molar-refractivity contribution in [2.45, 2.75) is 66.7 Å². The van der Waals surface area contributed by atoms with Gasteiger partial charge in [-0.3, -0.25) is 9.59 Å². The molecule has 0 aliphatic heterocycles. The molecular weight excluding hydrogens is 200 g/mol. The minimum absolute atomic E-state index is 0.149. The molecule has 0 aromatic carbocycles. The first-order chi connectivity index (χ1) is 7.25. The molecule has 0 N–H and O–H groups in total. The molecule has 0 spiro atoms. The quantitative estimate of drug-likeness (QED) is 0.619. The Morgan fingerprint density at radius 3 is 1.88 bits per heavy atom. The number of ketones is 2. The number of Topliss-reactive ketones (excluding diaryl/α,β-unsaturated/α-hetero) is 2. The lowest BCUT2D eigenvalue weighted by Crippen LogP contribution is -2.19. The third-order valence-corrected chi connectivity index (χ3v) is 2.81. The van der Waals surface area contributed by atoms with E-state index in [1.54, 1.807) is 0 Å². The standard InChI is InChI=1S/C14H26O2/c1-11(2)12(15)9-7-6-8-10-13(16)14(3,4)5/h11H,6-10H2,1-5H3. The van der Waals surface area contributed by atoms with Crippen LogP contribution in [0.4, 0.5) is 0 Å². The van der Waals surface area contributed by atoms with Crippen LogP contribution in [0.1, 0.15) is 66.7 Å². The third-order valence-electron chi connectivity index (χ3n) is 2.81. The third kappa shape index (κ3) is 6.76. The monoisotopic (exact) mass is 226 g/mol. The van der Waals surface area contributed by atoms with Crippen molar-refractivity contribution >= 4 is 11.6 Å². The van der Waals surface area contributed by atoms with Crippen LogP contribution >= 0.6 is 0 Å². The van der Waals surface area contributed by atoms with Crippen LogP contribution in [0.3, 0.4) is 0 Å². The summed E-state index contributed by atoms with van der Waals surface area (Å²) in [6, 6.07) is 0. The summed E-state index contributed by atoms with van der Waals surface area (Å²) in [7, 11) is 0. The van der Waals surface area contributed by atoms with Crippen LogP contribution in [-0.2, 0) is 9.59 Å². The van der Waals surface area contributed by atoms with E-state index in [2.05, 4.69) is 0 Å². The van der Waals surface area contributed by atoms with Crippen LogP contribution in [0.2, 0.25) is 0 Å².